The highest BCUT2D eigenvalue weighted by Crippen LogP contribution is 2.35. The first kappa shape index (κ1) is 16.3. The summed E-state index contributed by atoms with van der Waals surface area (Å²) in [5, 5.41) is 16.3. The zero-order chi connectivity index (χ0) is 15.8. The minimum atomic E-state index is -1.28. The fourth-order valence-electron chi connectivity index (χ4n) is 3.02. The maximum atomic E-state index is 9.67. The van der Waals surface area contributed by atoms with E-state index in [4.69, 9.17) is 9.31 Å². The van der Waals surface area contributed by atoms with E-state index in [2.05, 4.69) is 36.4 Å². The molecule has 0 aliphatic carbocycles. The average Bonchev–Trinajstić information content (AvgIpc) is 2.59. The lowest BCUT2D eigenvalue weighted by atomic mass is 9.97. The maximum Gasteiger partial charge on any atom is 0.710 e. The van der Waals surface area contributed by atoms with Crippen LogP contribution >= 0.6 is 0 Å². The van der Waals surface area contributed by atoms with Gasteiger partial charge in [0.1, 0.15) is 5.75 Å². The van der Waals surface area contributed by atoms with Crippen molar-refractivity contribution in [2.75, 3.05) is 7.11 Å². The highest BCUT2D eigenvalue weighted by molar-refractivity contribution is 6.36. The van der Waals surface area contributed by atoms with Crippen LogP contribution in [0, 0.1) is 0 Å². The summed E-state index contributed by atoms with van der Waals surface area (Å²) in [6, 6.07) is 22.6. The predicted molar refractivity (Wildman–Crippen MR) is 99.6 cm³/mol. The molecule has 120 valence electrons. The highest BCUT2D eigenvalue weighted by atomic mass is 16.7. The van der Waals surface area contributed by atoms with Gasteiger partial charge in [-0.05, 0) is 45.1 Å². The third-order valence-corrected chi connectivity index (χ3v) is 4.12. The van der Waals surface area contributed by atoms with Gasteiger partial charge in [0, 0.05) is 12.5 Å². The Morgan fingerprint density at radius 1 is 0.792 bits per heavy atom. The Labute approximate surface area is 140 Å². The quantitative estimate of drug-likeness (QED) is 0.335. The van der Waals surface area contributed by atoms with Crippen molar-refractivity contribution in [3.05, 3.63) is 66.7 Å². The molecule has 0 unspecified atom stereocenters. The Morgan fingerprint density at radius 3 is 2.21 bits per heavy atom. The molecule has 0 fully saturated rings. The van der Waals surface area contributed by atoms with Gasteiger partial charge in [0.2, 0.25) is 0 Å². The molecule has 0 amide bonds. The molecular weight excluding hydrogens is 301 g/mol. The van der Waals surface area contributed by atoms with E-state index >= 15 is 0 Å². The Morgan fingerprint density at radius 2 is 1.46 bits per heavy atom. The normalized spacial score (nSPS) is 10.8. The van der Waals surface area contributed by atoms with Crippen molar-refractivity contribution in [2.45, 2.75) is 0 Å². The number of fused-ring (bicyclic) bond motifs is 4. The second kappa shape index (κ2) is 6.49. The fraction of sp³-hybridized carbons (Fsp3) is 0.0526. The molecule has 0 radical (unpaired) electrons. The van der Waals surface area contributed by atoms with Crippen molar-refractivity contribution in [1.29, 1.82) is 0 Å². The standard InChI is InChI=1S/C19H15BO3.H3N/c1-22-20(21)23-18-8-4-7-13-9-10-16-11-14-5-2-3-6-15(14)12-17(16)19(13)18;/h2-12,21H,1H3;1H3. The van der Waals surface area contributed by atoms with Gasteiger partial charge in [-0.25, -0.2) is 0 Å². The molecule has 0 aromatic heterocycles. The van der Waals surface area contributed by atoms with Crippen molar-refractivity contribution in [2.24, 2.45) is 0 Å². The molecule has 0 saturated heterocycles. The third-order valence-electron chi connectivity index (χ3n) is 4.12. The predicted octanol–water partition coefficient (Wildman–Crippen LogP) is 4.31. The SMILES string of the molecule is COB(O)Oc1cccc2ccc3cc4ccccc4cc3c12.N. The zero-order valence-corrected chi connectivity index (χ0v) is 13.4. The van der Waals surface area contributed by atoms with Crippen LogP contribution < -0.4 is 10.8 Å². The van der Waals surface area contributed by atoms with E-state index in [1.54, 1.807) is 0 Å². The summed E-state index contributed by atoms with van der Waals surface area (Å²) in [5.74, 6) is 0.609. The first-order valence-corrected chi connectivity index (χ1v) is 7.48. The van der Waals surface area contributed by atoms with E-state index in [9.17, 15) is 5.02 Å². The van der Waals surface area contributed by atoms with Gasteiger partial charge in [-0.15, -0.1) is 0 Å². The molecule has 0 heterocycles. The van der Waals surface area contributed by atoms with E-state index < -0.39 is 7.32 Å². The van der Waals surface area contributed by atoms with Gasteiger partial charge in [0.25, 0.3) is 0 Å². The topological polar surface area (TPSA) is 73.7 Å². The summed E-state index contributed by atoms with van der Waals surface area (Å²) < 4.78 is 10.3. The van der Waals surface area contributed by atoms with Gasteiger partial charge in [-0.2, -0.15) is 0 Å². The molecule has 5 heteroatoms. The molecule has 4 N–H and O–H groups in total. The summed E-state index contributed by atoms with van der Waals surface area (Å²) in [6.07, 6.45) is 0. The van der Waals surface area contributed by atoms with Crippen LogP contribution in [0.1, 0.15) is 0 Å². The minimum Gasteiger partial charge on any atom is -0.511 e. The van der Waals surface area contributed by atoms with Crippen LogP contribution in [-0.2, 0) is 4.65 Å². The first-order chi connectivity index (χ1) is 11.3. The van der Waals surface area contributed by atoms with Gasteiger partial charge >= 0.3 is 7.32 Å². The molecule has 0 aliphatic heterocycles. The minimum absolute atomic E-state index is 0. The van der Waals surface area contributed by atoms with E-state index in [0.29, 0.717) is 5.75 Å². The Hall–Kier alpha value is -2.60. The average molecular weight is 319 g/mol. The van der Waals surface area contributed by atoms with Crippen molar-refractivity contribution < 1.29 is 14.3 Å². The third kappa shape index (κ3) is 2.69. The molecule has 0 bridgehead atoms. The Kier molecular flexibility index (Phi) is 4.40. The second-order valence-electron chi connectivity index (χ2n) is 5.50. The lowest BCUT2D eigenvalue weighted by Crippen LogP contribution is -2.24. The molecule has 4 nitrogen and oxygen atoms in total. The van der Waals surface area contributed by atoms with Crippen LogP contribution in [0.4, 0.5) is 0 Å². The van der Waals surface area contributed by atoms with Crippen molar-refractivity contribution >= 4 is 39.6 Å². The maximum absolute atomic E-state index is 9.67. The second-order valence-corrected chi connectivity index (χ2v) is 5.50. The molecule has 0 aliphatic rings. The molecule has 4 rings (SSSR count). The highest BCUT2D eigenvalue weighted by Gasteiger charge is 2.18. The monoisotopic (exact) mass is 319 g/mol. The molecule has 0 spiro atoms. The Balaban J connectivity index is 0.00000169. The number of rotatable bonds is 3. The van der Waals surface area contributed by atoms with E-state index in [1.165, 1.54) is 17.9 Å². The molecular formula is C19H18BNO3. The van der Waals surface area contributed by atoms with E-state index in [1.807, 2.05) is 30.3 Å². The summed E-state index contributed by atoms with van der Waals surface area (Å²) in [7, 11) is 0.123. The van der Waals surface area contributed by atoms with Gasteiger partial charge < -0.3 is 20.5 Å². The molecule has 4 aromatic carbocycles. The molecule has 24 heavy (non-hydrogen) atoms. The van der Waals surface area contributed by atoms with E-state index in [-0.39, 0.29) is 6.15 Å². The number of hydrogen-bond donors (Lipinski definition) is 2. The lowest BCUT2D eigenvalue weighted by Gasteiger charge is -2.13. The van der Waals surface area contributed by atoms with E-state index in [0.717, 1.165) is 21.5 Å². The van der Waals surface area contributed by atoms with Crippen LogP contribution in [0.3, 0.4) is 0 Å². The van der Waals surface area contributed by atoms with Gasteiger partial charge in [-0.1, -0.05) is 48.5 Å². The zero-order valence-electron chi connectivity index (χ0n) is 13.4. The van der Waals surface area contributed by atoms with Crippen LogP contribution in [0.5, 0.6) is 5.75 Å². The van der Waals surface area contributed by atoms with Crippen LogP contribution in [0.15, 0.2) is 66.7 Å². The number of hydrogen-bond acceptors (Lipinski definition) is 4. The van der Waals surface area contributed by atoms with Gasteiger partial charge in [0.05, 0.1) is 0 Å². The number of benzene rings is 4. The van der Waals surface area contributed by atoms with Crippen molar-refractivity contribution in [3.63, 3.8) is 0 Å². The van der Waals surface area contributed by atoms with Crippen molar-refractivity contribution in [3.8, 4) is 5.75 Å². The van der Waals surface area contributed by atoms with Crippen LogP contribution in [0.2, 0.25) is 0 Å². The van der Waals surface area contributed by atoms with Gasteiger partial charge in [-0.3, -0.25) is 0 Å². The van der Waals surface area contributed by atoms with Gasteiger partial charge in [0.15, 0.2) is 0 Å². The van der Waals surface area contributed by atoms with Crippen LogP contribution in [-0.4, -0.2) is 19.5 Å². The first-order valence-electron chi connectivity index (χ1n) is 7.48. The molecule has 4 aromatic rings. The molecule has 0 atom stereocenters. The Bertz CT molecular complexity index is 1020. The summed E-state index contributed by atoms with van der Waals surface area (Å²) in [5.41, 5.74) is 0. The van der Waals surface area contributed by atoms with Crippen molar-refractivity contribution in [1.82, 2.24) is 6.15 Å². The summed E-state index contributed by atoms with van der Waals surface area (Å²) in [4.78, 5) is 0. The lowest BCUT2D eigenvalue weighted by molar-refractivity contribution is 0.239. The largest absolute Gasteiger partial charge is 0.710 e. The fourth-order valence-corrected chi connectivity index (χ4v) is 3.02. The molecule has 0 saturated carbocycles. The van der Waals surface area contributed by atoms with Crippen LogP contribution in [0.25, 0.3) is 32.3 Å². The summed E-state index contributed by atoms with van der Waals surface area (Å²) >= 11 is 0. The summed E-state index contributed by atoms with van der Waals surface area (Å²) in [6.45, 7) is 0. The smallest absolute Gasteiger partial charge is 0.511 e.